The fraction of sp³-hybridized carbons (Fsp3) is 0.188. The third-order valence-corrected chi connectivity index (χ3v) is 5.44. The van der Waals surface area contributed by atoms with Gasteiger partial charge in [0.1, 0.15) is 10.6 Å². The molecule has 0 aliphatic carbocycles. The molecule has 2 aromatic rings. The number of hydrogen-bond donors (Lipinski definition) is 1. The first-order valence-electron chi connectivity index (χ1n) is 7.89. The molecule has 0 unspecified atom stereocenters. The van der Waals surface area contributed by atoms with Crippen molar-refractivity contribution >= 4 is 39.1 Å². The van der Waals surface area contributed by atoms with Crippen LogP contribution in [-0.2, 0) is 0 Å². The van der Waals surface area contributed by atoms with Gasteiger partial charge in [-0.1, -0.05) is 37.1 Å². The van der Waals surface area contributed by atoms with Crippen LogP contribution in [0.25, 0.3) is 5.57 Å². The first kappa shape index (κ1) is 20.3. The van der Waals surface area contributed by atoms with E-state index in [1.165, 1.54) is 17.3 Å². The number of anilines is 1. The van der Waals surface area contributed by atoms with Crippen LogP contribution in [0.4, 0.5) is 29.9 Å². The number of aromatic nitrogens is 2. The highest BCUT2D eigenvalue weighted by atomic mass is 35.5. The number of carbonyl (C=O) groups is 1. The molecule has 1 aliphatic heterocycles. The number of rotatable bonds is 3. The van der Waals surface area contributed by atoms with E-state index in [-0.39, 0.29) is 29.5 Å². The second kappa shape index (κ2) is 6.31. The first-order chi connectivity index (χ1) is 12.8. The van der Waals surface area contributed by atoms with Crippen molar-refractivity contribution in [2.24, 2.45) is 0 Å². The van der Waals surface area contributed by atoms with E-state index in [1.807, 2.05) is 0 Å². The van der Waals surface area contributed by atoms with Crippen LogP contribution in [0.2, 0.25) is 5.15 Å². The average molecular weight is 441 g/mol. The molecule has 3 rings (SSSR count). The summed E-state index contributed by atoms with van der Waals surface area (Å²) in [5, 5.41) is 2.63. The first-order valence-corrected chi connectivity index (χ1v) is 10.2. The minimum absolute atomic E-state index is 0.0256. The van der Waals surface area contributed by atoms with Crippen molar-refractivity contribution in [2.45, 2.75) is 11.3 Å². The maximum Gasteiger partial charge on any atom is 0.322 e. The van der Waals surface area contributed by atoms with Gasteiger partial charge < -0.3 is 10.2 Å². The molecule has 0 atom stereocenters. The summed E-state index contributed by atoms with van der Waals surface area (Å²) >= 11 is 5.99. The molecule has 28 heavy (non-hydrogen) atoms. The Hall–Kier alpha value is -2.40. The maximum atomic E-state index is 12.7. The lowest BCUT2D eigenvalue weighted by Crippen LogP contribution is -2.38. The Bertz CT molecular complexity index is 950. The van der Waals surface area contributed by atoms with Crippen LogP contribution in [-0.4, -0.2) is 34.0 Å². The number of amides is 2. The van der Waals surface area contributed by atoms with E-state index in [4.69, 9.17) is 11.6 Å². The Balaban J connectivity index is 1.66. The molecule has 0 spiro atoms. The van der Waals surface area contributed by atoms with Gasteiger partial charge in [-0.15, -0.1) is 0 Å². The zero-order valence-electron chi connectivity index (χ0n) is 14.1. The number of halogens is 6. The van der Waals surface area contributed by atoms with Crippen molar-refractivity contribution in [2.75, 3.05) is 18.4 Å². The van der Waals surface area contributed by atoms with Gasteiger partial charge in [0.15, 0.2) is 5.15 Å². The van der Waals surface area contributed by atoms with E-state index in [2.05, 4.69) is 15.3 Å². The molecule has 1 aliphatic rings. The Morgan fingerprint density at radius 3 is 2.25 bits per heavy atom. The van der Waals surface area contributed by atoms with Crippen LogP contribution in [0.1, 0.15) is 12.1 Å². The molecule has 0 saturated carbocycles. The second-order valence-corrected chi connectivity index (χ2v) is 8.81. The topological polar surface area (TPSA) is 58.1 Å². The summed E-state index contributed by atoms with van der Waals surface area (Å²) < 4.78 is 63.6. The van der Waals surface area contributed by atoms with E-state index >= 15 is 0 Å². The zero-order valence-corrected chi connectivity index (χ0v) is 15.7. The van der Waals surface area contributed by atoms with Crippen molar-refractivity contribution in [1.29, 1.82) is 0 Å². The molecule has 1 N–H and O–H groups in total. The number of benzene rings is 1. The van der Waals surface area contributed by atoms with Gasteiger partial charge in [0.25, 0.3) is 0 Å². The standard InChI is InChI=1S/C16H14ClF5N4OS/c17-15-14(23-7-8-24-15)11-5-9-26(10-6-11)16(27)25-12-1-3-13(4-2-12)28(18,19,20,21)22/h1-5,7-8H,6,9-10H2,(H,25,27). The fourth-order valence-corrected chi connectivity index (χ4v) is 3.48. The van der Waals surface area contributed by atoms with Gasteiger partial charge >= 0.3 is 16.3 Å². The van der Waals surface area contributed by atoms with Gasteiger partial charge in [0.05, 0.1) is 0 Å². The Morgan fingerprint density at radius 2 is 1.71 bits per heavy atom. The number of nitrogens with one attached hydrogen (secondary N) is 1. The van der Waals surface area contributed by atoms with E-state index in [9.17, 15) is 24.2 Å². The van der Waals surface area contributed by atoms with E-state index in [0.717, 1.165) is 17.7 Å². The number of carbonyl (C=O) groups excluding carboxylic acids is 1. The minimum Gasteiger partial charge on any atom is -0.320 e. The number of urea groups is 1. The molecule has 2 amide bonds. The SMILES string of the molecule is O=C(Nc1ccc(S(F)(F)(F)(F)F)cc1)N1CC=C(c2nccnc2Cl)CC1. The molecule has 1 aromatic heterocycles. The molecule has 0 saturated heterocycles. The Labute approximate surface area is 161 Å². The molecule has 0 bridgehead atoms. The van der Waals surface area contributed by atoms with Gasteiger partial charge in [0, 0.05) is 31.2 Å². The van der Waals surface area contributed by atoms with Crippen LogP contribution in [0.5, 0.6) is 0 Å². The smallest absolute Gasteiger partial charge is 0.320 e. The molecule has 152 valence electrons. The van der Waals surface area contributed by atoms with Gasteiger partial charge in [-0.3, -0.25) is 4.98 Å². The Kier molecular flexibility index (Phi) is 4.58. The second-order valence-electron chi connectivity index (χ2n) is 6.04. The summed E-state index contributed by atoms with van der Waals surface area (Å²) in [7, 11) is -9.73. The van der Waals surface area contributed by atoms with Crippen molar-refractivity contribution in [1.82, 2.24) is 14.9 Å². The lowest BCUT2D eigenvalue weighted by Gasteiger charge is -2.40. The third-order valence-electron chi connectivity index (χ3n) is 4.01. The van der Waals surface area contributed by atoms with E-state index in [0.29, 0.717) is 18.7 Å². The molecule has 5 nitrogen and oxygen atoms in total. The zero-order chi connectivity index (χ0) is 20.6. The average Bonchev–Trinajstić information content (AvgIpc) is 2.61. The molecule has 1 aromatic carbocycles. The van der Waals surface area contributed by atoms with Crippen LogP contribution in [0, 0.1) is 0 Å². The lowest BCUT2D eigenvalue weighted by atomic mass is 10.1. The van der Waals surface area contributed by atoms with Crippen molar-refractivity contribution < 1.29 is 24.2 Å². The number of hydrogen-bond acceptors (Lipinski definition) is 3. The van der Waals surface area contributed by atoms with E-state index < -0.39 is 21.2 Å². The van der Waals surface area contributed by atoms with Crippen LogP contribution < -0.4 is 5.32 Å². The molecular formula is C16H14ClF5N4OS. The normalized spacial score (nSPS) is 17.4. The van der Waals surface area contributed by atoms with Gasteiger partial charge in [-0.2, -0.15) is 0 Å². The summed E-state index contributed by atoms with van der Waals surface area (Å²) in [6.07, 6.45) is 5.15. The van der Waals surface area contributed by atoms with Gasteiger partial charge in [0.2, 0.25) is 0 Å². The van der Waals surface area contributed by atoms with Crippen LogP contribution in [0.15, 0.2) is 47.6 Å². The summed E-state index contributed by atoms with van der Waals surface area (Å²) in [4.78, 5) is 19.7. The van der Waals surface area contributed by atoms with Crippen molar-refractivity contribution in [3.05, 3.63) is 53.6 Å². The summed E-state index contributed by atoms with van der Waals surface area (Å²) in [6.45, 7) is 0.533. The largest absolute Gasteiger partial charge is 0.322 e. The summed E-state index contributed by atoms with van der Waals surface area (Å²) in [5.41, 5.74) is 1.32. The Morgan fingerprint density at radius 1 is 1.07 bits per heavy atom. The molecule has 0 radical (unpaired) electrons. The predicted molar refractivity (Wildman–Crippen MR) is 98.1 cm³/mol. The third kappa shape index (κ3) is 4.71. The van der Waals surface area contributed by atoms with Crippen molar-refractivity contribution in [3.8, 4) is 0 Å². The summed E-state index contributed by atoms with van der Waals surface area (Å²) in [5.74, 6) is 0. The number of nitrogens with zero attached hydrogens (tertiary/aromatic N) is 3. The highest BCUT2D eigenvalue weighted by Gasteiger charge is 2.65. The molecule has 2 heterocycles. The van der Waals surface area contributed by atoms with E-state index in [1.54, 1.807) is 6.08 Å². The van der Waals surface area contributed by atoms with Gasteiger partial charge in [-0.05, 0) is 36.3 Å². The van der Waals surface area contributed by atoms with Gasteiger partial charge in [-0.25, -0.2) is 9.78 Å². The van der Waals surface area contributed by atoms with Crippen LogP contribution in [0.3, 0.4) is 0 Å². The molecular weight excluding hydrogens is 427 g/mol. The fourth-order valence-electron chi connectivity index (χ4n) is 2.60. The monoisotopic (exact) mass is 440 g/mol. The van der Waals surface area contributed by atoms with Crippen LogP contribution >= 0.6 is 21.8 Å². The van der Waals surface area contributed by atoms with Crippen molar-refractivity contribution in [3.63, 3.8) is 0 Å². The maximum absolute atomic E-state index is 12.7. The lowest BCUT2D eigenvalue weighted by molar-refractivity contribution is 0.217. The highest BCUT2D eigenvalue weighted by molar-refractivity contribution is 8.45. The molecule has 0 fully saturated rings. The minimum atomic E-state index is -9.73. The quantitative estimate of drug-likeness (QED) is 0.586. The molecule has 12 heteroatoms. The predicted octanol–water partition coefficient (Wildman–Crippen LogP) is 6.11. The highest BCUT2D eigenvalue weighted by Crippen LogP contribution is 3.02. The summed E-state index contributed by atoms with van der Waals surface area (Å²) in [6, 6.07) is 1.51.